The molecule has 1 N–H and O–H groups in total. The molecule has 20 heavy (non-hydrogen) atoms. The van der Waals surface area contributed by atoms with Crippen molar-refractivity contribution in [2.45, 2.75) is 32.4 Å². The molecule has 3 rings (SSSR count). The van der Waals surface area contributed by atoms with Gasteiger partial charge in [-0.1, -0.05) is 6.07 Å². The van der Waals surface area contributed by atoms with Crippen LogP contribution < -0.4 is 5.32 Å². The zero-order chi connectivity index (χ0) is 13.9. The fourth-order valence-electron chi connectivity index (χ4n) is 2.66. The zero-order valence-corrected chi connectivity index (χ0v) is 12.9. The van der Waals surface area contributed by atoms with Crippen molar-refractivity contribution in [1.82, 2.24) is 15.2 Å². The molecular formula is C15H21N3OS. The molecule has 3 heterocycles. The Bertz CT molecular complexity index is 543. The predicted octanol–water partition coefficient (Wildman–Crippen LogP) is 2.90. The summed E-state index contributed by atoms with van der Waals surface area (Å²) in [5.41, 5.74) is 1.06. The number of thiophene rings is 1. The van der Waals surface area contributed by atoms with Gasteiger partial charge < -0.3 is 9.73 Å². The largest absolute Gasteiger partial charge is 0.440 e. The van der Waals surface area contributed by atoms with Crippen molar-refractivity contribution in [2.75, 3.05) is 20.1 Å². The summed E-state index contributed by atoms with van der Waals surface area (Å²) in [5.74, 6) is 1.69. The molecule has 2 aromatic heterocycles. The van der Waals surface area contributed by atoms with Crippen LogP contribution in [0.3, 0.4) is 0 Å². The average Bonchev–Trinajstić information content (AvgIpc) is 3.10. The lowest BCUT2D eigenvalue weighted by molar-refractivity contribution is 0.193. The van der Waals surface area contributed by atoms with E-state index in [2.05, 4.69) is 28.3 Å². The number of piperidine rings is 1. The minimum Gasteiger partial charge on any atom is -0.440 e. The molecular weight excluding hydrogens is 270 g/mol. The Balaban J connectivity index is 1.70. The Hall–Kier alpha value is -1.17. The maximum atomic E-state index is 5.80. The molecule has 0 spiro atoms. The van der Waals surface area contributed by atoms with Crippen molar-refractivity contribution >= 4 is 11.3 Å². The molecule has 0 aliphatic carbocycles. The number of nitrogens with one attached hydrogen (secondary N) is 1. The standard InChI is InChI=1S/C15H21N3OS/c1-11-13(10-18(2)12-5-3-7-16-9-12)17-15(19-11)14-6-4-8-20-14/h4,6,8,12,16H,3,5,7,9-10H2,1-2H3. The molecule has 0 radical (unpaired) electrons. The third kappa shape index (κ3) is 2.95. The molecule has 0 aromatic carbocycles. The average molecular weight is 291 g/mol. The molecule has 1 aliphatic heterocycles. The van der Waals surface area contributed by atoms with Crippen molar-refractivity contribution in [2.24, 2.45) is 0 Å². The molecule has 2 aromatic rings. The van der Waals surface area contributed by atoms with Gasteiger partial charge in [-0.15, -0.1) is 11.3 Å². The number of aromatic nitrogens is 1. The van der Waals surface area contributed by atoms with Gasteiger partial charge in [0.25, 0.3) is 0 Å². The summed E-state index contributed by atoms with van der Waals surface area (Å²) in [6.45, 7) is 5.08. The molecule has 1 atom stereocenters. The molecule has 1 aliphatic rings. The van der Waals surface area contributed by atoms with Gasteiger partial charge in [0.1, 0.15) is 5.76 Å². The maximum Gasteiger partial charge on any atom is 0.236 e. The molecule has 0 bridgehead atoms. The smallest absolute Gasteiger partial charge is 0.236 e. The van der Waals surface area contributed by atoms with E-state index in [1.165, 1.54) is 12.8 Å². The summed E-state index contributed by atoms with van der Waals surface area (Å²) in [5, 5.41) is 5.51. The first kappa shape index (κ1) is 13.8. The van der Waals surface area contributed by atoms with Gasteiger partial charge in [-0.3, -0.25) is 4.90 Å². The van der Waals surface area contributed by atoms with Crippen LogP contribution in [0.5, 0.6) is 0 Å². The quantitative estimate of drug-likeness (QED) is 0.940. The number of oxazole rings is 1. The second kappa shape index (κ2) is 6.08. The summed E-state index contributed by atoms with van der Waals surface area (Å²) in [7, 11) is 2.18. The minimum absolute atomic E-state index is 0.602. The SMILES string of the molecule is Cc1oc(-c2cccs2)nc1CN(C)C1CCCNC1. The Labute approximate surface area is 123 Å². The first-order chi connectivity index (χ1) is 9.74. The van der Waals surface area contributed by atoms with E-state index in [9.17, 15) is 0 Å². The van der Waals surface area contributed by atoms with Gasteiger partial charge in [0.05, 0.1) is 10.6 Å². The first-order valence-corrected chi connectivity index (χ1v) is 8.03. The second-order valence-electron chi connectivity index (χ2n) is 5.41. The van der Waals surface area contributed by atoms with Crippen LogP contribution in [0.2, 0.25) is 0 Å². The van der Waals surface area contributed by atoms with Gasteiger partial charge in [0.2, 0.25) is 5.89 Å². The van der Waals surface area contributed by atoms with E-state index in [0.29, 0.717) is 6.04 Å². The highest BCUT2D eigenvalue weighted by molar-refractivity contribution is 7.13. The summed E-state index contributed by atoms with van der Waals surface area (Å²) >= 11 is 1.67. The number of nitrogens with zero attached hydrogens (tertiary/aromatic N) is 2. The van der Waals surface area contributed by atoms with Crippen molar-refractivity contribution in [3.05, 3.63) is 29.0 Å². The van der Waals surface area contributed by atoms with E-state index in [1.54, 1.807) is 11.3 Å². The van der Waals surface area contributed by atoms with Crippen LogP contribution in [0, 0.1) is 6.92 Å². The number of hydrogen-bond donors (Lipinski definition) is 1. The Kier molecular flexibility index (Phi) is 4.19. The van der Waals surface area contributed by atoms with Crippen LogP contribution in [-0.2, 0) is 6.54 Å². The van der Waals surface area contributed by atoms with Crippen LogP contribution in [0.4, 0.5) is 0 Å². The third-order valence-corrected chi connectivity index (χ3v) is 4.78. The van der Waals surface area contributed by atoms with E-state index >= 15 is 0 Å². The molecule has 1 saturated heterocycles. The van der Waals surface area contributed by atoms with Crippen LogP contribution in [0.15, 0.2) is 21.9 Å². The van der Waals surface area contributed by atoms with Gasteiger partial charge in [-0.2, -0.15) is 0 Å². The highest BCUT2D eigenvalue weighted by atomic mass is 32.1. The molecule has 0 amide bonds. The predicted molar refractivity (Wildman–Crippen MR) is 81.9 cm³/mol. The van der Waals surface area contributed by atoms with Gasteiger partial charge >= 0.3 is 0 Å². The van der Waals surface area contributed by atoms with Crippen molar-refractivity contribution in [3.8, 4) is 10.8 Å². The van der Waals surface area contributed by atoms with Gasteiger partial charge in [0.15, 0.2) is 0 Å². The molecule has 4 nitrogen and oxygen atoms in total. The number of rotatable bonds is 4. The summed E-state index contributed by atoms with van der Waals surface area (Å²) in [6.07, 6.45) is 2.52. The van der Waals surface area contributed by atoms with E-state index in [4.69, 9.17) is 4.42 Å². The molecule has 108 valence electrons. The maximum absolute atomic E-state index is 5.80. The summed E-state index contributed by atoms with van der Waals surface area (Å²) in [6, 6.07) is 4.68. The Morgan fingerprint density at radius 1 is 1.55 bits per heavy atom. The van der Waals surface area contributed by atoms with Crippen LogP contribution >= 0.6 is 11.3 Å². The fourth-order valence-corrected chi connectivity index (χ4v) is 3.30. The molecule has 1 fully saturated rings. The van der Waals surface area contributed by atoms with Crippen LogP contribution in [0.25, 0.3) is 10.8 Å². The highest BCUT2D eigenvalue weighted by Gasteiger charge is 2.20. The fraction of sp³-hybridized carbons (Fsp3) is 0.533. The van der Waals surface area contributed by atoms with Gasteiger partial charge in [0, 0.05) is 19.1 Å². The lowest BCUT2D eigenvalue weighted by Crippen LogP contribution is -2.43. The van der Waals surface area contributed by atoms with E-state index in [0.717, 1.165) is 41.9 Å². The summed E-state index contributed by atoms with van der Waals surface area (Å²) < 4.78 is 5.80. The third-order valence-electron chi connectivity index (χ3n) is 3.92. The lowest BCUT2D eigenvalue weighted by Gasteiger charge is -2.31. The van der Waals surface area contributed by atoms with Crippen molar-refractivity contribution < 1.29 is 4.42 Å². The van der Waals surface area contributed by atoms with Crippen LogP contribution in [0.1, 0.15) is 24.3 Å². The Morgan fingerprint density at radius 2 is 2.45 bits per heavy atom. The second-order valence-corrected chi connectivity index (χ2v) is 6.36. The Morgan fingerprint density at radius 3 is 3.15 bits per heavy atom. The first-order valence-electron chi connectivity index (χ1n) is 7.15. The van der Waals surface area contributed by atoms with Crippen LogP contribution in [-0.4, -0.2) is 36.1 Å². The monoisotopic (exact) mass is 291 g/mol. The topological polar surface area (TPSA) is 41.3 Å². The summed E-state index contributed by atoms with van der Waals surface area (Å²) in [4.78, 5) is 8.15. The van der Waals surface area contributed by atoms with E-state index < -0.39 is 0 Å². The van der Waals surface area contributed by atoms with Crippen molar-refractivity contribution in [1.29, 1.82) is 0 Å². The normalized spacial score (nSPS) is 19.6. The zero-order valence-electron chi connectivity index (χ0n) is 12.1. The minimum atomic E-state index is 0.602. The highest BCUT2D eigenvalue weighted by Crippen LogP contribution is 2.26. The lowest BCUT2D eigenvalue weighted by atomic mass is 10.1. The number of likely N-dealkylation sites (N-methyl/N-ethyl adjacent to an activating group) is 1. The molecule has 0 saturated carbocycles. The molecule has 1 unspecified atom stereocenters. The van der Waals surface area contributed by atoms with Gasteiger partial charge in [-0.05, 0) is 44.8 Å². The van der Waals surface area contributed by atoms with E-state index in [1.807, 2.05) is 18.4 Å². The number of aryl methyl sites for hydroxylation is 1. The van der Waals surface area contributed by atoms with E-state index in [-0.39, 0.29) is 0 Å². The number of hydrogen-bond acceptors (Lipinski definition) is 5. The van der Waals surface area contributed by atoms with Crippen molar-refractivity contribution in [3.63, 3.8) is 0 Å². The molecule has 5 heteroatoms. The van der Waals surface area contributed by atoms with Gasteiger partial charge in [-0.25, -0.2) is 4.98 Å².